The van der Waals surface area contributed by atoms with Crippen molar-refractivity contribution in [3.05, 3.63) is 65.5 Å². The fraction of sp³-hybridized carbons (Fsp3) is 0.391. The second-order valence-corrected chi connectivity index (χ2v) is 7.34. The van der Waals surface area contributed by atoms with Gasteiger partial charge in [0.1, 0.15) is 11.6 Å². The van der Waals surface area contributed by atoms with Gasteiger partial charge in [-0.25, -0.2) is 4.39 Å². The van der Waals surface area contributed by atoms with Crippen molar-refractivity contribution in [2.75, 3.05) is 46.4 Å². The first kappa shape index (κ1) is 21.8. The highest BCUT2D eigenvalue weighted by molar-refractivity contribution is 5.97. The molecule has 0 spiro atoms. The second kappa shape index (κ2) is 10.2. The molecular weight excluding hydrogens is 385 g/mol. The third-order valence-corrected chi connectivity index (χ3v) is 5.23. The molecule has 160 valence electrons. The van der Waals surface area contributed by atoms with Crippen molar-refractivity contribution in [1.82, 2.24) is 14.7 Å². The SMILES string of the molecule is CCOc1ccccc1C(=O)N1CCN(CC(=O)N(C)Cc2ccccc2F)CC1. The molecule has 2 aromatic carbocycles. The number of carbonyl (C=O) groups is 2. The summed E-state index contributed by atoms with van der Waals surface area (Å²) in [5.74, 6) is 0.162. The molecule has 0 aromatic heterocycles. The van der Waals surface area contributed by atoms with Crippen LogP contribution in [0.4, 0.5) is 4.39 Å². The summed E-state index contributed by atoms with van der Waals surface area (Å²) in [5, 5.41) is 0. The summed E-state index contributed by atoms with van der Waals surface area (Å²) in [5.41, 5.74) is 1.06. The Hall–Kier alpha value is -2.93. The number of rotatable bonds is 7. The van der Waals surface area contributed by atoms with Crippen LogP contribution in [0.15, 0.2) is 48.5 Å². The number of amides is 2. The standard InChI is InChI=1S/C23H28FN3O3/c1-3-30-21-11-7-5-9-19(21)23(29)27-14-12-26(13-15-27)17-22(28)25(2)16-18-8-4-6-10-20(18)24/h4-11H,3,12-17H2,1-2H3. The summed E-state index contributed by atoms with van der Waals surface area (Å²) < 4.78 is 19.4. The van der Waals surface area contributed by atoms with Crippen molar-refractivity contribution in [3.63, 3.8) is 0 Å². The maximum atomic E-state index is 13.8. The van der Waals surface area contributed by atoms with Crippen molar-refractivity contribution in [1.29, 1.82) is 0 Å². The average molecular weight is 413 g/mol. The van der Waals surface area contributed by atoms with E-state index in [-0.39, 0.29) is 30.7 Å². The monoisotopic (exact) mass is 413 g/mol. The fourth-order valence-electron chi connectivity index (χ4n) is 3.49. The number of para-hydroxylation sites is 1. The highest BCUT2D eigenvalue weighted by atomic mass is 19.1. The summed E-state index contributed by atoms with van der Waals surface area (Å²) in [4.78, 5) is 30.8. The van der Waals surface area contributed by atoms with Gasteiger partial charge in [-0.3, -0.25) is 14.5 Å². The molecule has 1 fully saturated rings. The lowest BCUT2D eigenvalue weighted by atomic mass is 10.1. The van der Waals surface area contributed by atoms with Gasteiger partial charge in [0.2, 0.25) is 5.91 Å². The maximum absolute atomic E-state index is 13.8. The van der Waals surface area contributed by atoms with Crippen molar-refractivity contribution in [2.24, 2.45) is 0 Å². The molecule has 2 amide bonds. The van der Waals surface area contributed by atoms with E-state index in [1.807, 2.05) is 24.0 Å². The molecule has 0 radical (unpaired) electrons. The van der Waals surface area contributed by atoms with E-state index in [1.54, 1.807) is 42.3 Å². The molecule has 1 heterocycles. The van der Waals surface area contributed by atoms with Gasteiger partial charge in [0.05, 0.1) is 18.7 Å². The Bertz CT molecular complexity index is 882. The van der Waals surface area contributed by atoms with Crippen molar-refractivity contribution >= 4 is 11.8 Å². The van der Waals surface area contributed by atoms with Gasteiger partial charge in [-0.1, -0.05) is 30.3 Å². The summed E-state index contributed by atoms with van der Waals surface area (Å²) in [6, 6.07) is 13.7. The van der Waals surface area contributed by atoms with E-state index >= 15 is 0 Å². The van der Waals surface area contributed by atoms with Gasteiger partial charge in [-0.05, 0) is 25.1 Å². The van der Waals surface area contributed by atoms with Crippen molar-refractivity contribution < 1.29 is 18.7 Å². The molecule has 0 N–H and O–H groups in total. The first-order valence-corrected chi connectivity index (χ1v) is 10.2. The molecule has 1 saturated heterocycles. The number of hydrogen-bond acceptors (Lipinski definition) is 4. The minimum Gasteiger partial charge on any atom is -0.493 e. The third-order valence-electron chi connectivity index (χ3n) is 5.23. The summed E-state index contributed by atoms with van der Waals surface area (Å²) in [7, 11) is 1.68. The van der Waals surface area contributed by atoms with E-state index in [9.17, 15) is 14.0 Å². The molecule has 6 nitrogen and oxygen atoms in total. The van der Waals surface area contributed by atoms with Crippen LogP contribution in [0.3, 0.4) is 0 Å². The number of piperazine rings is 1. The zero-order valence-corrected chi connectivity index (χ0v) is 17.5. The van der Waals surface area contributed by atoms with Crippen LogP contribution in [0.2, 0.25) is 0 Å². The Kier molecular flexibility index (Phi) is 7.41. The van der Waals surface area contributed by atoms with Gasteiger partial charge in [-0.2, -0.15) is 0 Å². The Labute approximate surface area is 176 Å². The molecule has 1 aliphatic heterocycles. The van der Waals surface area contributed by atoms with Gasteiger partial charge in [0.25, 0.3) is 5.91 Å². The number of carbonyl (C=O) groups excluding carboxylic acids is 2. The predicted octanol–water partition coefficient (Wildman–Crippen LogP) is 2.64. The average Bonchev–Trinajstić information content (AvgIpc) is 2.76. The van der Waals surface area contributed by atoms with Crippen LogP contribution in [-0.2, 0) is 11.3 Å². The van der Waals surface area contributed by atoms with E-state index < -0.39 is 0 Å². The van der Waals surface area contributed by atoms with Crippen LogP contribution >= 0.6 is 0 Å². The van der Waals surface area contributed by atoms with Crippen LogP contribution in [0.1, 0.15) is 22.8 Å². The van der Waals surface area contributed by atoms with Crippen LogP contribution < -0.4 is 4.74 Å². The second-order valence-electron chi connectivity index (χ2n) is 7.34. The first-order valence-electron chi connectivity index (χ1n) is 10.2. The number of halogens is 1. The van der Waals surface area contributed by atoms with Gasteiger partial charge in [0.15, 0.2) is 0 Å². The van der Waals surface area contributed by atoms with E-state index in [4.69, 9.17) is 4.74 Å². The lowest BCUT2D eigenvalue weighted by Crippen LogP contribution is -2.51. The summed E-state index contributed by atoms with van der Waals surface area (Å²) >= 11 is 0. The molecule has 1 aliphatic rings. The van der Waals surface area contributed by atoms with Gasteiger partial charge >= 0.3 is 0 Å². The predicted molar refractivity (Wildman–Crippen MR) is 113 cm³/mol. The van der Waals surface area contributed by atoms with Crippen molar-refractivity contribution in [3.8, 4) is 5.75 Å². The number of ether oxygens (including phenoxy) is 1. The third kappa shape index (κ3) is 5.36. The first-order chi connectivity index (χ1) is 14.5. The minimum atomic E-state index is -0.309. The molecule has 0 atom stereocenters. The molecule has 0 aliphatic carbocycles. The minimum absolute atomic E-state index is 0.0540. The van der Waals surface area contributed by atoms with Crippen LogP contribution in [-0.4, -0.2) is 72.9 Å². The number of hydrogen-bond donors (Lipinski definition) is 0. The molecule has 30 heavy (non-hydrogen) atoms. The Balaban J connectivity index is 1.51. The Morgan fingerprint density at radius 1 is 1.03 bits per heavy atom. The van der Waals surface area contributed by atoms with Gasteiger partial charge in [0, 0.05) is 45.3 Å². The van der Waals surface area contributed by atoms with E-state index in [2.05, 4.69) is 0 Å². The van der Waals surface area contributed by atoms with Crippen LogP contribution in [0.25, 0.3) is 0 Å². The topological polar surface area (TPSA) is 53.1 Å². The van der Waals surface area contributed by atoms with E-state index in [0.717, 1.165) is 0 Å². The zero-order chi connectivity index (χ0) is 21.5. The highest BCUT2D eigenvalue weighted by Gasteiger charge is 2.25. The van der Waals surface area contributed by atoms with E-state index in [0.29, 0.717) is 49.7 Å². The largest absolute Gasteiger partial charge is 0.493 e. The van der Waals surface area contributed by atoms with Gasteiger partial charge in [-0.15, -0.1) is 0 Å². The summed E-state index contributed by atoms with van der Waals surface area (Å²) in [6.45, 7) is 5.19. The lowest BCUT2D eigenvalue weighted by molar-refractivity contribution is -0.132. The maximum Gasteiger partial charge on any atom is 0.257 e. The van der Waals surface area contributed by atoms with Crippen LogP contribution in [0, 0.1) is 5.82 Å². The quantitative estimate of drug-likeness (QED) is 0.700. The Morgan fingerprint density at radius 3 is 2.40 bits per heavy atom. The normalized spacial score (nSPS) is 14.4. The Morgan fingerprint density at radius 2 is 1.70 bits per heavy atom. The molecule has 0 unspecified atom stereocenters. The lowest BCUT2D eigenvalue weighted by Gasteiger charge is -2.35. The molecule has 0 saturated carbocycles. The molecule has 2 aromatic rings. The molecule has 0 bridgehead atoms. The van der Waals surface area contributed by atoms with Gasteiger partial charge < -0.3 is 14.5 Å². The summed E-state index contributed by atoms with van der Waals surface area (Å²) in [6.07, 6.45) is 0. The number of likely N-dealkylation sites (N-methyl/N-ethyl adjacent to an activating group) is 1. The molecule has 7 heteroatoms. The number of nitrogens with zero attached hydrogens (tertiary/aromatic N) is 3. The van der Waals surface area contributed by atoms with Crippen molar-refractivity contribution in [2.45, 2.75) is 13.5 Å². The van der Waals surface area contributed by atoms with Crippen LogP contribution in [0.5, 0.6) is 5.75 Å². The van der Waals surface area contributed by atoms with E-state index in [1.165, 1.54) is 11.0 Å². The smallest absolute Gasteiger partial charge is 0.257 e. The zero-order valence-electron chi connectivity index (χ0n) is 17.5. The number of benzene rings is 2. The molecule has 3 rings (SSSR count). The molecular formula is C23H28FN3O3. The fourth-order valence-corrected chi connectivity index (χ4v) is 3.49. The highest BCUT2D eigenvalue weighted by Crippen LogP contribution is 2.20.